The lowest BCUT2D eigenvalue weighted by atomic mass is 10.1. The Hall–Kier alpha value is -1.48. The standard InChI is InChI=1S/C16H16ClFN2O3S2/c1-11-2-3-12(18)10-13(11)16(21)19-6-8-20(9-7-19)25(22,23)15-5-4-14(17)24-15/h2-5,10H,6-9H2,1H3. The van der Waals surface area contributed by atoms with Crippen LogP contribution in [0.1, 0.15) is 15.9 Å². The van der Waals surface area contributed by atoms with Crippen LogP contribution in [0, 0.1) is 12.7 Å². The molecule has 1 aromatic carbocycles. The molecule has 25 heavy (non-hydrogen) atoms. The van der Waals surface area contributed by atoms with Gasteiger partial charge in [-0.15, -0.1) is 11.3 Å². The van der Waals surface area contributed by atoms with Gasteiger partial charge in [-0.1, -0.05) is 17.7 Å². The molecule has 1 fully saturated rings. The Bertz CT molecular complexity index is 906. The average molecular weight is 403 g/mol. The van der Waals surface area contributed by atoms with Crippen molar-refractivity contribution in [3.05, 3.63) is 51.6 Å². The van der Waals surface area contributed by atoms with E-state index in [-0.39, 0.29) is 36.3 Å². The third kappa shape index (κ3) is 3.72. The molecule has 1 aliphatic rings. The molecule has 2 aromatic rings. The molecular weight excluding hydrogens is 387 g/mol. The predicted molar refractivity (Wildman–Crippen MR) is 95.1 cm³/mol. The number of benzene rings is 1. The van der Waals surface area contributed by atoms with Gasteiger partial charge in [-0.3, -0.25) is 4.79 Å². The number of amides is 1. The first-order valence-corrected chi connectivity index (χ1v) is 10.2. The quantitative estimate of drug-likeness (QED) is 0.793. The van der Waals surface area contributed by atoms with Crippen LogP contribution in [-0.2, 0) is 10.0 Å². The normalized spacial score (nSPS) is 16.2. The second-order valence-electron chi connectivity index (χ2n) is 5.71. The first-order chi connectivity index (χ1) is 11.8. The summed E-state index contributed by atoms with van der Waals surface area (Å²) in [4.78, 5) is 14.1. The molecule has 9 heteroatoms. The Kier molecular flexibility index (Phi) is 5.15. The number of hydrogen-bond acceptors (Lipinski definition) is 4. The highest BCUT2D eigenvalue weighted by molar-refractivity contribution is 7.91. The van der Waals surface area contributed by atoms with Gasteiger partial charge in [-0.2, -0.15) is 4.31 Å². The number of thiophene rings is 1. The molecule has 0 unspecified atom stereocenters. The fourth-order valence-corrected chi connectivity index (χ4v) is 5.75. The molecule has 1 amide bonds. The number of carbonyl (C=O) groups excluding carboxylic acids is 1. The van der Waals surface area contributed by atoms with Crippen LogP contribution in [-0.4, -0.2) is 49.7 Å². The van der Waals surface area contributed by atoms with Crippen LogP contribution in [0.5, 0.6) is 0 Å². The minimum atomic E-state index is -3.60. The lowest BCUT2D eigenvalue weighted by Crippen LogP contribution is -2.50. The number of rotatable bonds is 3. The molecule has 0 saturated carbocycles. The summed E-state index contributed by atoms with van der Waals surface area (Å²) in [6.45, 7) is 2.64. The predicted octanol–water partition coefficient (Wildman–Crippen LogP) is 3.00. The van der Waals surface area contributed by atoms with Gasteiger partial charge < -0.3 is 4.90 Å². The summed E-state index contributed by atoms with van der Waals surface area (Å²) < 4.78 is 40.5. The molecule has 134 valence electrons. The van der Waals surface area contributed by atoms with E-state index >= 15 is 0 Å². The molecule has 5 nitrogen and oxygen atoms in total. The average Bonchev–Trinajstić information content (AvgIpc) is 3.04. The van der Waals surface area contributed by atoms with Gasteiger partial charge in [0.05, 0.1) is 4.34 Å². The van der Waals surface area contributed by atoms with E-state index in [1.165, 1.54) is 22.5 Å². The SMILES string of the molecule is Cc1ccc(F)cc1C(=O)N1CCN(S(=O)(=O)c2ccc(Cl)s2)CC1. The summed E-state index contributed by atoms with van der Waals surface area (Å²) in [6.07, 6.45) is 0. The number of piperazine rings is 1. The number of aryl methyl sites for hydroxylation is 1. The number of hydrogen-bond donors (Lipinski definition) is 0. The van der Waals surface area contributed by atoms with Gasteiger partial charge in [0.1, 0.15) is 10.0 Å². The molecule has 3 rings (SSSR count). The molecular formula is C16H16ClFN2O3S2. The van der Waals surface area contributed by atoms with E-state index < -0.39 is 15.8 Å². The first-order valence-electron chi connectivity index (χ1n) is 7.60. The number of nitrogens with zero attached hydrogens (tertiary/aromatic N) is 2. The molecule has 0 N–H and O–H groups in total. The van der Waals surface area contributed by atoms with E-state index in [0.717, 1.165) is 11.3 Å². The van der Waals surface area contributed by atoms with Gasteiger partial charge in [0.2, 0.25) is 0 Å². The van der Waals surface area contributed by atoms with Crippen LogP contribution in [0.15, 0.2) is 34.5 Å². The smallest absolute Gasteiger partial charge is 0.254 e. The van der Waals surface area contributed by atoms with Crippen molar-refractivity contribution in [3.63, 3.8) is 0 Å². The van der Waals surface area contributed by atoms with Gasteiger partial charge in [0.15, 0.2) is 0 Å². The van der Waals surface area contributed by atoms with Gasteiger partial charge in [-0.25, -0.2) is 12.8 Å². The molecule has 0 bridgehead atoms. The van der Waals surface area contributed by atoms with Crippen LogP contribution < -0.4 is 0 Å². The van der Waals surface area contributed by atoms with E-state index in [0.29, 0.717) is 15.5 Å². The molecule has 0 radical (unpaired) electrons. The summed E-state index contributed by atoms with van der Waals surface area (Å²) in [5.74, 6) is -0.752. The van der Waals surface area contributed by atoms with Crippen LogP contribution in [0.4, 0.5) is 4.39 Å². The second-order valence-corrected chi connectivity index (χ2v) is 9.59. The monoisotopic (exact) mass is 402 g/mol. The van der Waals surface area contributed by atoms with Gasteiger partial charge in [0.25, 0.3) is 15.9 Å². The van der Waals surface area contributed by atoms with Crippen molar-refractivity contribution in [1.29, 1.82) is 0 Å². The zero-order valence-electron chi connectivity index (χ0n) is 13.4. The molecule has 2 heterocycles. The highest BCUT2D eigenvalue weighted by atomic mass is 35.5. The minimum Gasteiger partial charge on any atom is -0.336 e. The van der Waals surface area contributed by atoms with E-state index in [4.69, 9.17) is 11.6 Å². The number of halogens is 2. The summed E-state index contributed by atoms with van der Waals surface area (Å²) in [5, 5.41) is 0. The molecule has 0 atom stereocenters. The van der Waals surface area contributed by atoms with Crippen molar-refractivity contribution in [2.24, 2.45) is 0 Å². The Labute approximate surface area is 154 Å². The van der Waals surface area contributed by atoms with Crippen molar-refractivity contribution in [1.82, 2.24) is 9.21 Å². The molecule has 0 spiro atoms. The highest BCUT2D eigenvalue weighted by Gasteiger charge is 2.31. The zero-order valence-corrected chi connectivity index (χ0v) is 15.8. The maximum Gasteiger partial charge on any atom is 0.254 e. The van der Waals surface area contributed by atoms with E-state index in [1.54, 1.807) is 24.0 Å². The Morgan fingerprint density at radius 3 is 2.44 bits per heavy atom. The van der Waals surface area contributed by atoms with Crippen molar-refractivity contribution >= 4 is 38.9 Å². The van der Waals surface area contributed by atoms with E-state index in [1.807, 2.05) is 0 Å². The number of carbonyl (C=O) groups is 1. The largest absolute Gasteiger partial charge is 0.336 e. The summed E-state index contributed by atoms with van der Waals surface area (Å²) in [5.41, 5.74) is 0.996. The van der Waals surface area contributed by atoms with Crippen molar-refractivity contribution in [3.8, 4) is 0 Å². The lowest BCUT2D eigenvalue weighted by molar-refractivity contribution is 0.0696. The molecule has 1 aromatic heterocycles. The second kappa shape index (κ2) is 7.03. The highest BCUT2D eigenvalue weighted by Crippen LogP contribution is 2.28. The van der Waals surface area contributed by atoms with Crippen LogP contribution in [0.25, 0.3) is 0 Å². The fraction of sp³-hybridized carbons (Fsp3) is 0.312. The van der Waals surface area contributed by atoms with Crippen molar-refractivity contribution in [2.75, 3.05) is 26.2 Å². The van der Waals surface area contributed by atoms with E-state index in [9.17, 15) is 17.6 Å². The Balaban J connectivity index is 1.71. The lowest BCUT2D eigenvalue weighted by Gasteiger charge is -2.34. The van der Waals surface area contributed by atoms with Crippen LogP contribution in [0.2, 0.25) is 4.34 Å². The van der Waals surface area contributed by atoms with E-state index in [2.05, 4.69) is 0 Å². The third-order valence-corrected chi connectivity index (χ3v) is 7.70. The van der Waals surface area contributed by atoms with Crippen molar-refractivity contribution in [2.45, 2.75) is 11.1 Å². The number of sulfonamides is 1. The first kappa shape index (κ1) is 18.3. The van der Waals surface area contributed by atoms with Gasteiger partial charge >= 0.3 is 0 Å². The third-order valence-electron chi connectivity index (χ3n) is 4.10. The molecule has 0 aliphatic carbocycles. The maximum atomic E-state index is 13.4. The summed E-state index contributed by atoms with van der Waals surface area (Å²) in [7, 11) is -3.60. The summed E-state index contributed by atoms with van der Waals surface area (Å²) in [6, 6.07) is 7.11. The summed E-state index contributed by atoms with van der Waals surface area (Å²) >= 11 is 6.83. The van der Waals surface area contributed by atoms with Crippen molar-refractivity contribution < 1.29 is 17.6 Å². The molecule has 1 saturated heterocycles. The fourth-order valence-electron chi connectivity index (χ4n) is 2.69. The van der Waals surface area contributed by atoms with Gasteiger partial charge in [0, 0.05) is 31.7 Å². The molecule has 1 aliphatic heterocycles. The Morgan fingerprint density at radius 2 is 1.84 bits per heavy atom. The zero-order chi connectivity index (χ0) is 18.2. The topological polar surface area (TPSA) is 57.7 Å². The maximum absolute atomic E-state index is 13.4. The van der Waals surface area contributed by atoms with Crippen LogP contribution >= 0.6 is 22.9 Å². The van der Waals surface area contributed by atoms with Gasteiger partial charge in [-0.05, 0) is 36.8 Å². The van der Waals surface area contributed by atoms with Crippen LogP contribution in [0.3, 0.4) is 0 Å². The minimum absolute atomic E-state index is 0.192. The Morgan fingerprint density at radius 1 is 1.16 bits per heavy atom.